The van der Waals surface area contributed by atoms with Gasteiger partial charge in [0.1, 0.15) is 5.75 Å². The fraction of sp³-hybridized carbons (Fsp3) is 0.632. The van der Waals surface area contributed by atoms with E-state index in [2.05, 4.69) is 40.8 Å². The predicted octanol–water partition coefficient (Wildman–Crippen LogP) is 3.18. The molecule has 142 valence electrons. The Kier molecular flexibility index (Phi) is 10.2. The second-order valence-corrected chi connectivity index (χ2v) is 6.44. The molecule has 1 heterocycles. The Morgan fingerprint density at radius 1 is 1.20 bits per heavy atom. The lowest BCUT2D eigenvalue weighted by Crippen LogP contribution is -2.38. The smallest absolute Gasteiger partial charge is 0.191 e. The van der Waals surface area contributed by atoms with Crippen LogP contribution in [-0.2, 0) is 6.54 Å². The van der Waals surface area contributed by atoms with Crippen LogP contribution in [0.4, 0.5) is 0 Å². The molecule has 1 aliphatic rings. The summed E-state index contributed by atoms with van der Waals surface area (Å²) in [5.41, 5.74) is 7.41. The molecule has 2 N–H and O–H groups in total. The van der Waals surface area contributed by atoms with Gasteiger partial charge in [0.25, 0.3) is 0 Å². The highest BCUT2D eigenvalue weighted by atomic mass is 127. The number of ether oxygens (including phenoxy) is 1. The average molecular weight is 460 g/mol. The number of nitrogens with zero attached hydrogens (tertiary/aromatic N) is 3. The van der Waals surface area contributed by atoms with Crippen molar-refractivity contribution in [1.29, 1.82) is 0 Å². The lowest BCUT2D eigenvalue weighted by Gasteiger charge is -2.31. The fourth-order valence-corrected chi connectivity index (χ4v) is 3.19. The van der Waals surface area contributed by atoms with Crippen LogP contribution in [0.3, 0.4) is 0 Å². The summed E-state index contributed by atoms with van der Waals surface area (Å²) >= 11 is 0. The van der Waals surface area contributed by atoms with Crippen LogP contribution in [0.1, 0.15) is 32.3 Å². The number of nitrogens with two attached hydrogens (primary N) is 1. The molecule has 0 aliphatic carbocycles. The van der Waals surface area contributed by atoms with E-state index in [9.17, 15) is 0 Å². The molecule has 0 aromatic heterocycles. The van der Waals surface area contributed by atoms with Crippen LogP contribution >= 0.6 is 24.0 Å². The zero-order chi connectivity index (χ0) is 17.4. The van der Waals surface area contributed by atoms with Crippen molar-refractivity contribution in [2.45, 2.75) is 33.2 Å². The summed E-state index contributed by atoms with van der Waals surface area (Å²) in [6.45, 7) is 10.2. The molecular formula is C19H33IN4O. The summed E-state index contributed by atoms with van der Waals surface area (Å²) < 4.78 is 5.21. The fourth-order valence-electron chi connectivity index (χ4n) is 3.19. The van der Waals surface area contributed by atoms with Crippen molar-refractivity contribution in [3.63, 3.8) is 0 Å². The van der Waals surface area contributed by atoms with Gasteiger partial charge in [-0.3, -0.25) is 9.89 Å². The minimum Gasteiger partial charge on any atom is -0.497 e. The van der Waals surface area contributed by atoms with Crippen LogP contribution in [0.5, 0.6) is 5.75 Å². The number of hydrogen-bond donors (Lipinski definition) is 1. The van der Waals surface area contributed by atoms with E-state index in [0.29, 0.717) is 11.9 Å². The van der Waals surface area contributed by atoms with Gasteiger partial charge in [-0.25, -0.2) is 0 Å². The van der Waals surface area contributed by atoms with E-state index >= 15 is 0 Å². The first-order chi connectivity index (χ1) is 11.7. The first-order valence-electron chi connectivity index (χ1n) is 9.06. The zero-order valence-electron chi connectivity index (χ0n) is 15.8. The second-order valence-electron chi connectivity index (χ2n) is 6.44. The molecule has 1 saturated heterocycles. The number of benzene rings is 1. The normalized spacial score (nSPS) is 16.4. The number of rotatable bonds is 7. The molecule has 0 bridgehead atoms. The van der Waals surface area contributed by atoms with E-state index in [4.69, 9.17) is 10.5 Å². The van der Waals surface area contributed by atoms with Gasteiger partial charge in [-0.15, -0.1) is 24.0 Å². The topological polar surface area (TPSA) is 54.1 Å². The number of piperidine rings is 1. The van der Waals surface area contributed by atoms with E-state index in [1.54, 1.807) is 7.11 Å². The molecular weight excluding hydrogens is 427 g/mol. The predicted molar refractivity (Wildman–Crippen MR) is 116 cm³/mol. The Morgan fingerprint density at radius 2 is 1.80 bits per heavy atom. The molecule has 1 aromatic rings. The highest BCUT2D eigenvalue weighted by Crippen LogP contribution is 2.20. The highest BCUT2D eigenvalue weighted by molar-refractivity contribution is 14.0. The molecule has 1 fully saturated rings. The maximum absolute atomic E-state index is 6.06. The van der Waals surface area contributed by atoms with Gasteiger partial charge >= 0.3 is 0 Å². The minimum absolute atomic E-state index is 0. The SMILES string of the molecule is CCN(CC)C(N)=NCC1CCN(Cc2ccc(OC)cc2)CC1.I. The van der Waals surface area contributed by atoms with Gasteiger partial charge in [0, 0.05) is 26.2 Å². The van der Waals surface area contributed by atoms with Crippen LogP contribution in [0.15, 0.2) is 29.3 Å². The summed E-state index contributed by atoms with van der Waals surface area (Å²) in [5.74, 6) is 2.27. The zero-order valence-corrected chi connectivity index (χ0v) is 18.1. The molecule has 25 heavy (non-hydrogen) atoms. The Hall–Kier alpha value is -1.02. The van der Waals surface area contributed by atoms with Crippen LogP contribution < -0.4 is 10.5 Å². The van der Waals surface area contributed by atoms with Crippen molar-refractivity contribution in [2.24, 2.45) is 16.6 Å². The van der Waals surface area contributed by atoms with Crippen LogP contribution in [-0.4, -0.2) is 55.6 Å². The van der Waals surface area contributed by atoms with Crippen molar-refractivity contribution in [2.75, 3.05) is 39.8 Å². The quantitative estimate of drug-likeness (QED) is 0.386. The molecule has 1 aliphatic heterocycles. The highest BCUT2D eigenvalue weighted by Gasteiger charge is 2.19. The molecule has 5 nitrogen and oxygen atoms in total. The number of halogens is 1. The molecule has 6 heteroatoms. The number of guanidine groups is 1. The Balaban J connectivity index is 0.00000312. The van der Waals surface area contributed by atoms with Crippen LogP contribution in [0.25, 0.3) is 0 Å². The van der Waals surface area contributed by atoms with Gasteiger partial charge in [-0.1, -0.05) is 12.1 Å². The standard InChI is InChI=1S/C19H32N4O.HI/c1-4-23(5-2)19(20)21-14-16-10-12-22(13-11-16)15-17-6-8-18(24-3)9-7-17;/h6-9,16H,4-5,10-15H2,1-3H3,(H2,20,21);1H. The molecule has 2 rings (SSSR count). The Bertz CT molecular complexity index is 509. The molecule has 0 saturated carbocycles. The molecule has 0 radical (unpaired) electrons. The third-order valence-corrected chi connectivity index (χ3v) is 4.87. The number of methoxy groups -OCH3 is 1. The maximum atomic E-state index is 6.06. The van der Waals surface area contributed by atoms with Crippen molar-refractivity contribution in [3.05, 3.63) is 29.8 Å². The molecule has 0 spiro atoms. The van der Waals surface area contributed by atoms with Gasteiger partial charge in [-0.05, 0) is 63.4 Å². The summed E-state index contributed by atoms with van der Waals surface area (Å²) in [6, 6.07) is 8.37. The van der Waals surface area contributed by atoms with E-state index in [-0.39, 0.29) is 24.0 Å². The third kappa shape index (κ3) is 7.01. The number of likely N-dealkylation sites (tertiary alicyclic amines) is 1. The Labute approximate surface area is 169 Å². The second kappa shape index (κ2) is 11.6. The largest absolute Gasteiger partial charge is 0.497 e. The van der Waals surface area contributed by atoms with Crippen molar-refractivity contribution < 1.29 is 4.74 Å². The summed E-state index contributed by atoms with van der Waals surface area (Å²) in [7, 11) is 1.70. The number of aliphatic imine (C=N–C) groups is 1. The van der Waals surface area contributed by atoms with Gasteiger partial charge in [0.2, 0.25) is 0 Å². The van der Waals surface area contributed by atoms with Crippen molar-refractivity contribution in [3.8, 4) is 5.75 Å². The molecule has 0 amide bonds. The van der Waals surface area contributed by atoms with Gasteiger partial charge in [0.05, 0.1) is 7.11 Å². The monoisotopic (exact) mass is 460 g/mol. The van der Waals surface area contributed by atoms with E-state index in [1.165, 1.54) is 18.4 Å². The Morgan fingerprint density at radius 3 is 2.32 bits per heavy atom. The first-order valence-corrected chi connectivity index (χ1v) is 9.06. The summed E-state index contributed by atoms with van der Waals surface area (Å²) in [5, 5.41) is 0. The van der Waals surface area contributed by atoms with Crippen molar-refractivity contribution in [1.82, 2.24) is 9.80 Å². The number of hydrogen-bond acceptors (Lipinski definition) is 3. The lowest BCUT2D eigenvalue weighted by molar-refractivity contribution is 0.180. The van der Waals surface area contributed by atoms with E-state index in [1.807, 2.05) is 12.1 Å². The molecule has 1 aromatic carbocycles. The molecule has 0 atom stereocenters. The first kappa shape index (κ1) is 22.0. The van der Waals surface area contributed by atoms with E-state index in [0.717, 1.165) is 45.0 Å². The third-order valence-electron chi connectivity index (χ3n) is 4.87. The van der Waals surface area contributed by atoms with Crippen LogP contribution in [0, 0.1) is 5.92 Å². The summed E-state index contributed by atoms with van der Waals surface area (Å²) in [4.78, 5) is 9.24. The van der Waals surface area contributed by atoms with Gasteiger partial charge < -0.3 is 15.4 Å². The van der Waals surface area contributed by atoms with Gasteiger partial charge in [0.15, 0.2) is 5.96 Å². The van der Waals surface area contributed by atoms with E-state index < -0.39 is 0 Å². The average Bonchev–Trinajstić information content (AvgIpc) is 2.63. The lowest BCUT2D eigenvalue weighted by atomic mass is 9.96. The van der Waals surface area contributed by atoms with Gasteiger partial charge in [-0.2, -0.15) is 0 Å². The minimum atomic E-state index is 0. The van der Waals surface area contributed by atoms with Crippen LogP contribution in [0.2, 0.25) is 0 Å². The maximum Gasteiger partial charge on any atom is 0.191 e. The van der Waals surface area contributed by atoms with Crippen molar-refractivity contribution >= 4 is 29.9 Å². The summed E-state index contributed by atoms with van der Waals surface area (Å²) in [6.07, 6.45) is 2.40. The molecule has 0 unspecified atom stereocenters.